The summed E-state index contributed by atoms with van der Waals surface area (Å²) in [5.74, 6) is 0.899. The predicted molar refractivity (Wildman–Crippen MR) is 99.5 cm³/mol. The molecule has 1 heterocycles. The maximum absolute atomic E-state index is 11.7. The number of hydrogen-bond acceptors (Lipinski definition) is 6. The average molecular weight is 364 g/mol. The Morgan fingerprint density at radius 1 is 1.23 bits per heavy atom. The van der Waals surface area contributed by atoms with Gasteiger partial charge in [0.15, 0.2) is 0 Å². The van der Waals surface area contributed by atoms with Crippen LogP contribution in [0.4, 0.5) is 4.79 Å². The number of benzene rings is 1. The molecule has 7 nitrogen and oxygen atoms in total. The first kappa shape index (κ1) is 20.5. The number of nitrogens with one attached hydrogen (secondary N) is 1. The summed E-state index contributed by atoms with van der Waals surface area (Å²) in [6.07, 6.45) is 1.72. The van der Waals surface area contributed by atoms with Crippen LogP contribution in [0.25, 0.3) is 0 Å². The van der Waals surface area contributed by atoms with Gasteiger partial charge in [-0.1, -0.05) is 12.1 Å². The van der Waals surface area contributed by atoms with Gasteiger partial charge in [-0.05, 0) is 70.3 Å². The number of carbonyl (C=O) groups is 1. The Morgan fingerprint density at radius 3 is 2.38 bits per heavy atom. The minimum atomic E-state index is -1.80. The molecule has 0 aromatic heterocycles. The van der Waals surface area contributed by atoms with E-state index < -0.39 is 12.9 Å². The molecule has 0 saturated carbocycles. The fourth-order valence-electron chi connectivity index (χ4n) is 2.94. The number of piperidine rings is 1. The van der Waals surface area contributed by atoms with Crippen LogP contribution in [0.5, 0.6) is 5.75 Å². The van der Waals surface area contributed by atoms with E-state index in [0.717, 1.165) is 38.0 Å². The van der Waals surface area contributed by atoms with Gasteiger partial charge >= 0.3 is 13.4 Å². The van der Waals surface area contributed by atoms with E-state index in [2.05, 4.69) is 10.2 Å². The summed E-state index contributed by atoms with van der Waals surface area (Å²) < 4.78 is 10.1. The quantitative estimate of drug-likeness (QED) is 0.667. The molecule has 144 valence electrons. The molecule has 0 atom stereocenters. The Labute approximate surface area is 155 Å². The molecule has 1 amide bonds. The van der Waals surface area contributed by atoms with Gasteiger partial charge in [0.1, 0.15) is 11.4 Å². The second kappa shape index (κ2) is 9.25. The van der Waals surface area contributed by atoms with Crippen LogP contribution in [0.2, 0.25) is 0 Å². The molecule has 1 aromatic carbocycles. The first-order chi connectivity index (χ1) is 12.2. The first-order valence-corrected chi connectivity index (χ1v) is 9.02. The van der Waals surface area contributed by atoms with E-state index >= 15 is 0 Å². The van der Waals surface area contributed by atoms with Crippen molar-refractivity contribution in [1.82, 2.24) is 10.2 Å². The molecule has 0 unspecified atom stereocenters. The summed E-state index contributed by atoms with van der Waals surface area (Å²) in [5, 5.41) is 20.4. The van der Waals surface area contributed by atoms with Crippen molar-refractivity contribution >= 4 is 13.4 Å². The van der Waals surface area contributed by atoms with Crippen LogP contribution in [-0.4, -0.2) is 53.6 Å². The number of nitrogens with zero attached hydrogens (tertiary/aromatic N) is 1. The lowest BCUT2D eigenvalue weighted by Gasteiger charge is -2.32. The second-order valence-corrected chi connectivity index (χ2v) is 7.69. The zero-order chi connectivity index (χ0) is 19.2. The topological polar surface area (TPSA) is 91.3 Å². The van der Waals surface area contributed by atoms with E-state index in [1.165, 1.54) is 0 Å². The summed E-state index contributed by atoms with van der Waals surface area (Å²) in [5.41, 5.74) is 0.679. The van der Waals surface area contributed by atoms with Crippen molar-refractivity contribution in [3.63, 3.8) is 0 Å². The summed E-state index contributed by atoms with van der Waals surface area (Å²) in [4.78, 5) is 14.1. The van der Waals surface area contributed by atoms with Crippen molar-refractivity contribution in [2.75, 3.05) is 19.6 Å². The molecule has 3 N–H and O–H groups in total. The third-order valence-electron chi connectivity index (χ3n) is 4.21. The lowest BCUT2D eigenvalue weighted by molar-refractivity contribution is 0.0509. The highest BCUT2D eigenvalue weighted by Crippen LogP contribution is 2.20. The minimum Gasteiger partial charge on any atom is -0.512 e. The Morgan fingerprint density at radius 2 is 1.85 bits per heavy atom. The lowest BCUT2D eigenvalue weighted by Crippen LogP contribution is -2.40. The lowest BCUT2D eigenvalue weighted by atomic mass is 9.96. The highest BCUT2D eigenvalue weighted by Gasteiger charge is 2.21. The van der Waals surface area contributed by atoms with E-state index in [0.29, 0.717) is 18.2 Å². The fraction of sp³-hybridized carbons (Fsp3) is 0.611. The zero-order valence-electron chi connectivity index (χ0n) is 15.8. The molecule has 8 heteroatoms. The van der Waals surface area contributed by atoms with Gasteiger partial charge in [-0.3, -0.25) is 4.90 Å². The predicted octanol–water partition coefficient (Wildman–Crippen LogP) is 1.77. The Hall–Kier alpha value is -1.77. The van der Waals surface area contributed by atoms with Crippen LogP contribution in [0.1, 0.15) is 39.2 Å². The van der Waals surface area contributed by atoms with Crippen LogP contribution in [0, 0.1) is 5.92 Å². The van der Waals surface area contributed by atoms with Crippen molar-refractivity contribution in [3.05, 3.63) is 29.8 Å². The van der Waals surface area contributed by atoms with Crippen LogP contribution >= 0.6 is 0 Å². The molecule has 0 aliphatic carbocycles. The third-order valence-corrected chi connectivity index (χ3v) is 4.21. The molecule has 1 aromatic rings. The minimum absolute atomic E-state index is 0.352. The third kappa shape index (κ3) is 7.64. The molecule has 0 spiro atoms. The molecule has 1 aliphatic rings. The maximum atomic E-state index is 11.7. The van der Waals surface area contributed by atoms with Crippen LogP contribution in [0.15, 0.2) is 24.3 Å². The molecule has 1 fully saturated rings. The van der Waals surface area contributed by atoms with Gasteiger partial charge in [-0.15, -0.1) is 0 Å². The maximum Gasteiger partial charge on any atom is 0.707 e. The summed E-state index contributed by atoms with van der Waals surface area (Å²) >= 11 is 0. The summed E-state index contributed by atoms with van der Waals surface area (Å²) in [6, 6.07) is 7.31. The van der Waals surface area contributed by atoms with Gasteiger partial charge in [0.25, 0.3) is 0 Å². The van der Waals surface area contributed by atoms with Gasteiger partial charge in [-0.25, -0.2) is 4.79 Å². The van der Waals surface area contributed by atoms with E-state index in [4.69, 9.17) is 19.4 Å². The number of amides is 1. The van der Waals surface area contributed by atoms with Crippen LogP contribution in [0.3, 0.4) is 0 Å². The molecule has 1 aliphatic heterocycles. The van der Waals surface area contributed by atoms with Crippen LogP contribution in [-0.2, 0) is 11.3 Å². The van der Waals surface area contributed by atoms with Gasteiger partial charge in [0, 0.05) is 13.1 Å². The standard InChI is InChI=1S/C18H29BN2O5/c1-18(2,3)25-17(22)20-12-14-8-10-21(11-9-14)13-15-4-6-16(7-5-15)26-19(23)24/h4-7,14,23-24H,8-13H2,1-3H3,(H,20,22). The number of alkyl carbamates (subject to hydrolysis) is 1. The highest BCUT2D eigenvalue weighted by molar-refractivity contribution is 6.33. The normalized spacial score (nSPS) is 16.2. The van der Waals surface area contributed by atoms with E-state index in [1.807, 2.05) is 32.9 Å². The van der Waals surface area contributed by atoms with Gasteiger partial charge in [0.05, 0.1) is 0 Å². The van der Waals surface area contributed by atoms with Crippen molar-refractivity contribution in [2.24, 2.45) is 5.92 Å². The zero-order valence-corrected chi connectivity index (χ0v) is 15.8. The summed E-state index contributed by atoms with van der Waals surface area (Å²) in [6.45, 7) is 9.02. The molecule has 0 radical (unpaired) electrons. The number of ether oxygens (including phenoxy) is 1. The number of rotatable bonds is 6. The molecular formula is C18H29BN2O5. The van der Waals surface area contributed by atoms with Gasteiger partial charge in [-0.2, -0.15) is 0 Å². The molecule has 1 saturated heterocycles. The van der Waals surface area contributed by atoms with E-state index in [9.17, 15) is 4.79 Å². The number of likely N-dealkylation sites (tertiary alicyclic amines) is 1. The Balaban J connectivity index is 1.69. The highest BCUT2D eigenvalue weighted by atomic mass is 16.6. The van der Waals surface area contributed by atoms with Crippen molar-refractivity contribution in [2.45, 2.75) is 45.8 Å². The number of hydrogen-bond donors (Lipinski definition) is 3. The fourth-order valence-corrected chi connectivity index (χ4v) is 2.94. The molecule has 2 rings (SSSR count). The molecule has 26 heavy (non-hydrogen) atoms. The van der Waals surface area contributed by atoms with Crippen molar-refractivity contribution in [1.29, 1.82) is 0 Å². The average Bonchev–Trinajstić information content (AvgIpc) is 2.54. The van der Waals surface area contributed by atoms with Crippen molar-refractivity contribution in [3.8, 4) is 5.75 Å². The SMILES string of the molecule is CC(C)(C)OC(=O)NCC1CCN(Cc2ccc(OB(O)O)cc2)CC1. The second-order valence-electron chi connectivity index (χ2n) is 7.69. The smallest absolute Gasteiger partial charge is 0.512 e. The monoisotopic (exact) mass is 364 g/mol. The largest absolute Gasteiger partial charge is 0.707 e. The molecule has 0 bridgehead atoms. The van der Waals surface area contributed by atoms with E-state index in [1.54, 1.807) is 12.1 Å². The summed E-state index contributed by atoms with van der Waals surface area (Å²) in [7, 11) is -1.80. The number of carbonyl (C=O) groups excluding carboxylic acids is 1. The van der Waals surface area contributed by atoms with Gasteiger partial charge in [0.2, 0.25) is 0 Å². The van der Waals surface area contributed by atoms with Gasteiger partial charge < -0.3 is 24.8 Å². The Kier molecular flexibility index (Phi) is 7.31. The first-order valence-electron chi connectivity index (χ1n) is 9.02. The van der Waals surface area contributed by atoms with E-state index in [-0.39, 0.29) is 6.09 Å². The Bertz CT molecular complexity index is 566. The molecular weight excluding hydrogens is 335 g/mol. The van der Waals surface area contributed by atoms with Crippen LogP contribution < -0.4 is 9.97 Å². The van der Waals surface area contributed by atoms with Crippen molar-refractivity contribution < 1.29 is 24.2 Å².